The number of hydrogen-bond acceptors (Lipinski definition) is 3. The lowest BCUT2D eigenvalue weighted by molar-refractivity contribution is 0.805. The van der Waals surface area contributed by atoms with E-state index in [4.69, 9.17) is 11.6 Å². The summed E-state index contributed by atoms with van der Waals surface area (Å²) in [6, 6.07) is 1.26. The second kappa shape index (κ2) is 3.26. The van der Waals surface area contributed by atoms with Gasteiger partial charge in [-0.3, -0.25) is 9.89 Å². The van der Waals surface area contributed by atoms with E-state index in [0.717, 1.165) is 5.56 Å². The molecule has 0 unspecified atom stereocenters. The molecule has 2 heterocycles. The number of nitrogens with zero attached hydrogens (tertiary/aromatic N) is 3. The van der Waals surface area contributed by atoms with Crippen LogP contribution in [0.3, 0.4) is 0 Å². The molecule has 0 spiro atoms. The molecule has 0 radical (unpaired) electrons. The molecule has 2 aromatic heterocycles. The van der Waals surface area contributed by atoms with Crippen LogP contribution in [0.25, 0.3) is 5.82 Å². The SMILES string of the molecule is Cc1cnn(-c2n[nH]c(Cl)cc2=O)c1. The van der Waals surface area contributed by atoms with Crippen molar-refractivity contribution in [2.75, 3.05) is 0 Å². The predicted octanol–water partition coefficient (Wildman–Crippen LogP) is 0.917. The van der Waals surface area contributed by atoms with Gasteiger partial charge in [0.2, 0.25) is 11.2 Å². The molecule has 0 saturated carbocycles. The van der Waals surface area contributed by atoms with Gasteiger partial charge in [-0.25, -0.2) is 4.68 Å². The second-order valence-electron chi connectivity index (χ2n) is 2.87. The van der Waals surface area contributed by atoms with Gasteiger partial charge in [0.05, 0.1) is 6.20 Å². The van der Waals surface area contributed by atoms with E-state index in [1.807, 2.05) is 6.92 Å². The zero-order valence-electron chi connectivity index (χ0n) is 7.36. The van der Waals surface area contributed by atoms with E-state index in [-0.39, 0.29) is 16.4 Å². The molecule has 0 aromatic carbocycles. The molecule has 72 valence electrons. The van der Waals surface area contributed by atoms with Crippen molar-refractivity contribution in [3.8, 4) is 5.82 Å². The number of nitrogens with one attached hydrogen (secondary N) is 1. The first kappa shape index (κ1) is 8.96. The average Bonchev–Trinajstić information content (AvgIpc) is 2.51. The van der Waals surface area contributed by atoms with Crippen molar-refractivity contribution in [1.29, 1.82) is 0 Å². The minimum Gasteiger partial charge on any atom is -0.286 e. The van der Waals surface area contributed by atoms with E-state index in [1.165, 1.54) is 10.7 Å². The summed E-state index contributed by atoms with van der Waals surface area (Å²) in [7, 11) is 0. The molecule has 0 atom stereocenters. The molecule has 6 heteroatoms. The second-order valence-corrected chi connectivity index (χ2v) is 3.27. The number of halogens is 1. The highest BCUT2D eigenvalue weighted by Crippen LogP contribution is 2.01. The first-order valence-electron chi connectivity index (χ1n) is 3.94. The van der Waals surface area contributed by atoms with Gasteiger partial charge in [-0.1, -0.05) is 11.6 Å². The van der Waals surface area contributed by atoms with Crippen LogP contribution in [0.4, 0.5) is 0 Å². The maximum absolute atomic E-state index is 11.4. The van der Waals surface area contributed by atoms with Crippen molar-refractivity contribution >= 4 is 11.6 Å². The summed E-state index contributed by atoms with van der Waals surface area (Å²) in [5.74, 6) is 0.211. The van der Waals surface area contributed by atoms with Crippen LogP contribution in [-0.2, 0) is 0 Å². The van der Waals surface area contributed by atoms with Crippen molar-refractivity contribution in [2.45, 2.75) is 6.92 Å². The highest BCUT2D eigenvalue weighted by Gasteiger charge is 2.05. The quantitative estimate of drug-likeness (QED) is 0.761. The van der Waals surface area contributed by atoms with Gasteiger partial charge in [0.15, 0.2) is 0 Å². The minimum absolute atomic E-state index is 0.211. The van der Waals surface area contributed by atoms with Crippen LogP contribution in [-0.4, -0.2) is 20.0 Å². The van der Waals surface area contributed by atoms with E-state index in [0.29, 0.717) is 0 Å². The van der Waals surface area contributed by atoms with Crippen LogP contribution in [0.1, 0.15) is 5.56 Å². The summed E-state index contributed by atoms with van der Waals surface area (Å²) in [5, 5.41) is 10.5. The molecule has 0 saturated heterocycles. The average molecular weight is 211 g/mol. The third-order valence-corrected chi connectivity index (χ3v) is 1.87. The number of aryl methyl sites for hydroxylation is 1. The number of hydrogen-bond donors (Lipinski definition) is 1. The normalized spacial score (nSPS) is 10.4. The summed E-state index contributed by atoms with van der Waals surface area (Å²) >= 11 is 5.56. The largest absolute Gasteiger partial charge is 0.286 e. The lowest BCUT2D eigenvalue weighted by atomic mass is 10.4. The monoisotopic (exact) mass is 210 g/mol. The Morgan fingerprint density at radius 3 is 2.93 bits per heavy atom. The summed E-state index contributed by atoms with van der Waals surface area (Å²) < 4.78 is 1.41. The van der Waals surface area contributed by atoms with Gasteiger partial charge in [-0.15, -0.1) is 0 Å². The lowest BCUT2D eigenvalue weighted by Gasteiger charge is -1.97. The van der Waals surface area contributed by atoms with Crippen molar-refractivity contribution in [1.82, 2.24) is 20.0 Å². The Balaban J connectivity index is 2.57. The summed E-state index contributed by atoms with van der Waals surface area (Å²) in [6.45, 7) is 1.88. The van der Waals surface area contributed by atoms with Crippen LogP contribution in [0.15, 0.2) is 23.3 Å². The van der Waals surface area contributed by atoms with E-state index in [9.17, 15) is 4.79 Å². The lowest BCUT2D eigenvalue weighted by Crippen LogP contribution is -2.14. The molecule has 0 bridgehead atoms. The van der Waals surface area contributed by atoms with Gasteiger partial charge in [0, 0.05) is 12.3 Å². The number of H-pyrrole nitrogens is 1. The Morgan fingerprint density at radius 1 is 1.57 bits per heavy atom. The van der Waals surface area contributed by atoms with Crippen molar-refractivity contribution in [3.05, 3.63) is 39.4 Å². The minimum atomic E-state index is -0.267. The van der Waals surface area contributed by atoms with Crippen molar-refractivity contribution in [2.24, 2.45) is 0 Å². The molecular formula is C8H7ClN4O. The van der Waals surface area contributed by atoms with Gasteiger partial charge in [0.25, 0.3) is 0 Å². The zero-order valence-corrected chi connectivity index (χ0v) is 8.12. The van der Waals surface area contributed by atoms with Crippen molar-refractivity contribution in [3.63, 3.8) is 0 Å². The fourth-order valence-electron chi connectivity index (χ4n) is 1.07. The Bertz CT molecular complexity index is 516. The van der Waals surface area contributed by atoms with Crippen LogP contribution in [0.5, 0.6) is 0 Å². The third-order valence-electron chi connectivity index (χ3n) is 1.68. The predicted molar refractivity (Wildman–Crippen MR) is 51.7 cm³/mol. The van der Waals surface area contributed by atoms with E-state index in [2.05, 4.69) is 15.3 Å². The third kappa shape index (κ3) is 1.54. The van der Waals surface area contributed by atoms with Crippen LogP contribution < -0.4 is 5.43 Å². The molecule has 0 amide bonds. The molecule has 1 N–H and O–H groups in total. The van der Waals surface area contributed by atoms with Crippen molar-refractivity contribution < 1.29 is 0 Å². The zero-order chi connectivity index (χ0) is 10.1. The van der Waals surface area contributed by atoms with E-state index in [1.54, 1.807) is 12.4 Å². The Labute approximate surface area is 84.3 Å². The molecule has 0 aliphatic heterocycles. The standard InChI is InChI=1S/C8H7ClN4O/c1-5-3-10-13(4-5)8-6(14)2-7(9)11-12-8/h2-4H,1H3,(H,11,14). The molecule has 2 rings (SSSR count). The molecule has 0 fully saturated rings. The van der Waals surface area contributed by atoms with Crippen LogP contribution in [0, 0.1) is 6.92 Å². The number of aromatic nitrogens is 4. The molecule has 2 aromatic rings. The number of aromatic amines is 1. The van der Waals surface area contributed by atoms with E-state index >= 15 is 0 Å². The smallest absolute Gasteiger partial charge is 0.227 e. The first-order valence-corrected chi connectivity index (χ1v) is 4.31. The molecule has 5 nitrogen and oxygen atoms in total. The summed E-state index contributed by atoms with van der Waals surface area (Å²) in [4.78, 5) is 11.4. The highest BCUT2D eigenvalue weighted by molar-refractivity contribution is 6.29. The first-order chi connectivity index (χ1) is 6.66. The summed E-state index contributed by atoms with van der Waals surface area (Å²) in [5.41, 5.74) is 0.693. The van der Waals surface area contributed by atoms with Crippen LogP contribution >= 0.6 is 11.6 Å². The maximum atomic E-state index is 11.4. The maximum Gasteiger partial charge on any atom is 0.227 e. The van der Waals surface area contributed by atoms with Gasteiger partial charge in [0.1, 0.15) is 5.15 Å². The number of rotatable bonds is 1. The molecular weight excluding hydrogens is 204 g/mol. The van der Waals surface area contributed by atoms with E-state index < -0.39 is 0 Å². The summed E-state index contributed by atoms with van der Waals surface area (Å²) in [6.07, 6.45) is 3.36. The Kier molecular flexibility index (Phi) is 2.09. The Morgan fingerprint density at radius 2 is 2.36 bits per heavy atom. The van der Waals surface area contributed by atoms with Gasteiger partial charge >= 0.3 is 0 Å². The highest BCUT2D eigenvalue weighted by atomic mass is 35.5. The van der Waals surface area contributed by atoms with Gasteiger partial charge in [-0.05, 0) is 12.5 Å². The topological polar surface area (TPSA) is 63.6 Å². The van der Waals surface area contributed by atoms with Gasteiger partial charge in [-0.2, -0.15) is 10.2 Å². The molecule has 14 heavy (non-hydrogen) atoms. The van der Waals surface area contributed by atoms with Crippen LogP contribution in [0.2, 0.25) is 5.15 Å². The fraction of sp³-hybridized carbons (Fsp3) is 0.125. The molecule has 0 aliphatic carbocycles. The Hall–Kier alpha value is -1.62. The fourth-order valence-corrected chi connectivity index (χ4v) is 1.21. The van der Waals surface area contributed by atoms with Gasteiger partial charge < -0.3 is 0 Å². The molecule has 0 aliphatic rings.